The summed E-state index contributed by atoms with van der Waals surface area (Å²) in [4.78, 5) is 0. The number of nitrogens with one attached hydrogen (secondary N) is 1. The summed E-state index contributed by atoms with van der Waals surface area (Å²) in [5.74, 6) is 1.49. The van der Waals surface area contributed by atoms with Gasteiger partial charge in [0.15, 0.2) is 0 Å². The molecule has 0 aliphatic heterocycles. The van der Waals surface area contributed by atoms with Gasteiger partial charge in [-0.1, -0.05) is 19.3 Å². The number of aryl methyl sites for hydroxylation is 1. The van der Waals surface area contributed by atoms with Crippen molar-refractivity contribution in [1.29, 1.82) is 0 Å². The highest BCUT2D eigenvalue weighted by Crippen LogP contribution is 2.32. The molecule has 0 amide bonds. The minimum absolute atomic E-state index is 0.0300. The van der Waals surface area contributed by atoms with Crippen LogP contribution < -0.4 is 5.32 Å². The lowest BCUT2D eigenvalue weighted by Crippen LogP contribution is -2.42. The van der Waals surface area contributed by atoms with Gasteiger partial charge in [0.1, 0.15) is 5.82 Å². The van der Waals surface area contributed by atoms with Crippen LogP contribution in [0.3, 0.4) is 0 Å². The molecule has 0 saturated heterocycles. The molecule has 88 valence electrons. The van der Waals surface area contributed by atoms with Crippen LogP contribution in [-0.2, 0) is 0 Å². The van der Waals surface area contributed by atoms with Crippen LogP contribution >= 0.6 is 11.6 Å². The highest BCUT2D eigenvalue weighted by Gasteiger charge is 2.31. The van der Waals surface area contributed by atoms with Gasteiger partial charge in [-0.25, -0.2) is 0 Å². The van der Waals surface area contributed by atoms with Crippen molar-refractivity contribution in [3.63, 3.8) is 0 Å². The van der Waals surface area contributed by atoms with Gasteiger partial charge in [0, 0.05) is 5.88 Å². The predicted molar refractivity (Wildman–Crippen MR) is 66.9 cm³/mol. The average molecular weight is 240 g/mol. The van der Waals surface area contributed by atoms with Gasteiger partial charge >= 0.3 is 0 Å². The van der Waals surface area contributed by atoms with Gasteiger partial charge in [-0.05, 0) is 31.4 Å². The Balaban J connectivity index is 2.11. The second kappa shape index (κ2) is 5.00. The standard InChI is InChI=1S/C12H18ClN3/c1-10-7-11(16-14-8-10)15-12(9-13)5-3-2-4-6-12/h7-8H,2-6,9H2,1H3,(H,15,16). The molecule has 1 aromatic rings. The third kappa shape index (κ3) is 2.64. The van der Waals surface area contributed by atoms with Gasteiger partial charge in [-0.2, -0.15) is 5.10 Å². The van der Waals surface area contributed by atoms with Crippen LogP contribution in [0, 0.1) is 6.92 Å². The first-order valence-corrected chi connectivity index (χ1v) is 6.41. The van der Waals surface area contributed by atoms with Crippen molar-refractivity contribution >= 4 is 17.4 Å². The van der Waals surface area contributed by atoms with E-state index in [2.05, 4.69) is 15.5 Å². The van der Waals surface area contributed by atoms with Crippen molar-refractivity contribution in [2.75, 3.05) is 11.2 Å². The van der Waals surface area contributed by atoms with Crippen LogP contribution in [0.1, 0.15) is 37.7 Å². The number of rotatable bonds is 3. The first-order valence-electron chi connectivity index (χ1n) is 5.88. The fourth-order valence-electron chi connectivity index (χ4n) is 2.32. The first-order chi connectivity index (χ1) is 7.74. The second-order valence-electron chi connectivity index (χ2n) is 4.72. The molecule has 1 saturated carbocycles. The fourth-order valence-corrected chi connectivity index (χ4v) is 2.65. The zero-order valence-electron chi connectivity index (χ0n) is 9.67. The summed E-state index contributed by atoms with van der Waals surface area (Å²) in [7, 11) is 0. The van der Waals surface area contributed by atoms with Crippen molar-refractivity contribution in [2.45, 2.75) is 44.6 Å². The Kier molecular flexibility index (Phi) is 3.64. The van der Waals surface area contributed by atoms with E-state index in [1.165, 1.54) is 19.3 Å². The van der Waals surface area contributed by atoms with E-state index < -0.39 is 0 Å². The summed E-state index contributed by atoms with van der Waals surface area (Å²) >= 11 is 6.12. The monoisotopic (exact) mass is 239 g/mol. The van der Waals surface area contributed by atoms with Crippen molar-refractivity contribution in [1.82, 2.24) is 10.2 Å². The molecule has 0 radical (unpaired) electrons. The fraction of sp³-hybridized carbons (Fsp3) is 0.667. The van der Waals surface area contributed by atoms with E-state index in [1.54, 1.807) is 6.20 Å². The smallest absolute Gasteiger partial charge is 0.149 e. The van der Waals surface area contributed by atoms with Gasteiger partial charge in [0.2, 0.25) is 0 Å². The Morgan fingerprint density at radius 3 is 2.75 bits per heavy atom. The first kappa shape index (κ1) is 11.6. The van der Waals surface area contributed by atoms with Crippen LogP contribution in [-0.4, -0.2) is 21.6 Å². The van der Waals surface area contributed by atoms with Crippen molar-refractivity contribution in [3.05, 3.63) is 17.8 Å². The molecular formula is C12H18ClN3. The molecule has 0 bridgehead atoms. The minimum atomic E-state index is 0.0300. The molecule has 0 atom stereocenters. The van der Waals surface area contributed by atoms with Gasteiger partial charge in [0.25, 0.3) is 0 Å². The molecule has 1 aromatic heterocycles. The van der Waals surface area contributed by atoms with Crippen LogP contribution in [0.4, 0.5) is 5.82 Å². The molecule has 1 aliphatic carbocycles. The summed E-state index contributed by atoms with van der Waals surface area (Å²) in [5, 5.41) is 11.5. The summed E-state index contributed by atoms with van der Waals surface area (Å²) in [5.41, 5.74) is 1.15. The van der Waals surface area contributed by atoms with Gasteiger partial charge in [-0.3, -0.25) is 0 Å². The molecule has 0 unspecified atom stereocenters. The maximum atomic E-state index is 6.12. The Morgan fingerprint density at radius 2 is 2.12 bits per heavy atom. The molecule has 1 heterocycles. The topological polar surface area (TPSA) is 37.8 Å². The molecule has 16 heavy (non-hydrogen) atoms. The van der Waals surface area contributed by atoms with Crippen molar-refractivity contribution < 1.29 is 0 Å². The Bertz CT molecular complexity index is 348. The second-order valence-corrected chi connectivity index (χ2v) is 4.99. The number of halogens is 1. The third-order valence-electron chi connectivity index (χ3n) is 3.25. The SMILES string of the molecule is Cc1cnnc(NC2(CCl)CCCCC2)c1. The zero-order chi connectivity index (χ0) is 11.4. The number of anilines is 1. The molecular weight excluding hydrogens is 222 g/mol. The largest absolute Gasteiger partial charge is 0.362 e. The average Bonchev–Trinajstić information content (AvgIpc) is 2.30. The number of hydrogen-bond acceptors (Lipinski definition) is 3. The highest BCUT2D eigenvalue weighted by molar-refractivity contribution is 6.18. The predicted octanol–water partition coefficient (Wildman–Crippen LogP) is 3.14. The molecule has 0 spiro atoms. The Labute approximate surface area is 102 Å². The number of aromatic nitrogens is 2. The Hall–Kier alpha value is -0.830. The number of alkyl halides is 1. The molecule has 3 nitrogen and oxygen atoms in total. The molecule has 2 rings (SSSR count). The molecule has 1 fully saturated rings. The van der Waals surface area contributed by atoms with Gasteiger partial charge in [-0.15, -0.1) is 16.7 Å². The van der Waals surface area contributed by atoms with Crippen LogP contribution in [0.2, 0.25) is 0 Å². The third-order valence-corrected chi connectivity index (χ3v) is 3.76. The van der Waals surface area contributed by atoms with E-state index in [9.17, 15) is 0 Å². The van der Waals surface area contributed by atoms with Gasteiger partial charge in [0.05, 0.1) is 11.7 Å². The molecule has 1 aliphatic rings. The van der Waals surface area contributed by atoms with E-state index in [1.807, 2.05) is 13.0 Å². The van der Waals surface area contributed by atoms with E-state index >= 15 is 0 Å². The maximum absolute atomic E-state index is 6.12. The van der Waals surface area contributed by atoms with E-state index in [0.717, 1.165) is 24.2 Å². The zero-order valence-corrected chi connectivity index (χ0v) is 10.4. The highest BCUT2D eigenvalue weighted by atomic mass is 35.5. The van der Waals surface area contributed by atoms with Crippen molar-refractivity contribution in [2.24, 2.45) is 0 Å². The summed E-state index contributed by atoms with van der Waals surface area (Å²) in [6.45, 7) is 2.02. The summed E-state index contributed by atoms with van der Waals surface area (Å²) in [6, 6.07) is 2.02. The summed E-state index contributed by atoms with van der Waals surface area (Å²) < 4.78 is 0. The van der Waals surface area contributed by atoms with Gasteiger partial charge < -0.3 is 5.32 Å². The summed E-state index contributed by atoms with van der Waals surface area (Å²) in [6.07, 6.45) is 7.84. The van der Waals surface area contributed by atoms with E-state index in [-0.39, 0.29) is 5.54 Å². The van der Waals surface area contributed by atoms with Crippen molar-refractivity contribution in [3.8, 4) is 0 Å². The molecule has 1 N–H and O–H groups in total. The molecule has 4 heteroatoms. The molecule has 0 aromatic carbocycles. The van der Waals surface area contributed by atoms with Crippen LogP contribution in [0.25, 0.3) is 0 Å². The van der Waals surface area contributed by atoms with Crippen LogP contribution in [0.15, 0.2) is 12.3 Å². The minimum Gasteiger partial charge on any atom is -0.362 e. The van der Waals surface area contributed by atoms with Crippen LogP contribution in [0.5, 0.6) is 0 Å². The normalized spacial score (nSPS) is 19.4. The maximum Gasteiger partial charge on any atom is 0.149 e. The lowest BCUT2D eigenvalue weighted by molar-refractivity contribution is 0.352. The van der Waals surface area contributed by atoms with E-state index in [4.69, 9.17) is 11.6 Å². The Morgan fingerprint density at radius 1 is 1.38 bits per heavy atom. The van der Waals surface area contributed by atoms with E-state index in [0.29, 0.717) is 5.88 Å². The number of hydrogen-bond donors (Lipinski definition) is 1. The quantitative estimate of drug-likeness (QED) is 0.824. The lowest BCUT2D eigenvalue weighted by Gasteiger charge is -2.36. The number of nitrogens with zero attached hydrogens (tertiary/aromatic N) is 2. The lowest BCUT2D eigenvalue weighted by atomic mass is 9.83.